The van der Waals surface area contributed by atoms with E-state index in [9.17, 15) is 5.11 Å². The highest BCUT2D eigenvalue weighted by atomic mass is 79.9. The molecule has 1 aliphatic carbocycles. The monoisotopic (exact) mass is 350 g/mol. The van der Waals surface area contributed by atoms with Crippen LogP contribution in [-0.2, 0) is 11.3 Å². The molecule has 1 aromatic carbocycles. The van der Waals surface area contributed by atoms with Crippen molar-refractivity contribution in [2.45, 2.75) is 31.4 Å². The summed E-state index contributed by atoms with van der Waals surface area (Å²) in [5.41, 5.74) is 3.04. The van der Waals surface area contributed by atoms with E-state index in [1.807, 2.05) is 22.9 Å². The maximum atomic E-state index is 10.9. The predicted molar refractivity (Wildman–Crippen MR) is 84.3 cm³/mol. The van der Waals surface area contributed by atoms with Gasteiger partial charge in [0.15, 0.2) is 0 Å². The Morgan fingerprint density at radius 2 is 2.19 bits per heavy atom. The van der Waals surface area contributed by atoms with Crippen molar-refractivity contribution in [1.82, 2.24) is 9.78 Å². The molecule has 1 N–H and O–H groups in total. The summed E-state index contributed by atoms with van der Waals surface area (Å²) in [7, 11) is 1.66. The van der Waals surface area contributed by atoms with Gasteiger partial charge in [-0.15, -0.1) is 0 Å². The second-order valence-electron chi connectivity index (χ2n) is 5.40. The zero-order valence-corrected chi connectivity index (χ0v) is 13.6. The van der Waals surface area contributed by atoms with Gasteiger partial charge >= 0.3 is 0 Å². The van der Waals surface area contributed by atoms with Crippen molar-refractivity contribution in [1.29, 1.82) is 0 Å². The van der Waals surface area contributed by atoms with Gasteiger partial charge in [0, 0.05) is 7.11 Å². The summed E-state index contributed by atoms with van der Waals surface area (Å²) in [4.78, 5) is 0. The molecule has 1 saturated carbocycles. The van der Waals surface area contributed by atoms with E-state index in [0.717, 1.165) is 15.7 Å². The van der Waals surface area contributed by atoms with Crippen molar-refractivity contribution in [2.24, 2.45) is 0 Å². The SMILES string of the molecule is COCCn1ncc(Br)c1C(O)c1ccccc1C1CC1. The van der Waals surface area contributed by atoms with Crippen LogP contribution in [0.3, 0.4) is 0 Å². The van der Waals surface area contributed by atoms with Gasteiger partial charge in [-0.1, -0.05) is 24.3 Å². The van der Waals surface area contributed by atoms with Gasteiger partial charge in [-0.05, 0) is 45.8 Å². The molecule has 0 bridgehead atoms. The number of hydrogen-bond acceptors (Lipinski definition) is 3. The number of aliphatic hydroxyl groups is 1. The van der Waals surface area contributed by atoms with E-state index in [-0.39, 0.29) is 0 Å². The molecular formula is C16H19BrN2O2. The summed E-state index contributed by atoms with van der Waals surface area (Å²) in [6, 6.07) is 8.16. The number of aromatic nitrogens is 2. The van der Waals surface area contributed by atoms with Crippen molar-refractivity contribution in [3.63, 3.8) is 0 Å². The van der Waals surface area contributed by atoms with Gasteiger partial charge in [0.05, 0.1) is 29.5 Å². The lowest BCUT2D eigenvalue weighted by Gasteiger charge is -2.17. The number of ether oxygens (including phenoxy) is 1. The minimum Gasteiger partial charge on any atom is -0.383 e. The second kappa shape index (κ2) is 6.30. The number of aliphatic hydroxyl groups excluding tert-OH is 1. The third-order valence-electron chi connectivity index (χ3n) is 3.91. The molecule has 0 saturated heterocycles. The second-order valence-corrected chi connectivity index (χ2v) is 6.25. The van der Waals surface area contributed by atoms with Crippen LogP contribution in [0.5, 0.6) is 0 Å². The summed E-state index contributed by atoms with van der Waals surface area (Å²) in [6.07, 6.45) is 3.49. The highest BCUT2D eigenvalue weighted by molar-refractivity contribution is 9.10. The first-order chi connectivity index (χ1) is 10.2. The van der Waals surface area contributed by atoms with Crippen LogP contribution in [0.2, 0.25) is 0 Å². The Morgan fingerprint density at radius 1 is 1.43 bits per heavy atom. The standard InChI is InChI=1S/C16H19BrN2O2/c1-21-9-8-19-15(14(17)10-18-19)16(20)13-5-3-2-4-12(13)11-6-7-11/h2-5,10-11,16,20H,6-9H2,1H3. The van der Waals surface area contributed by atoms with Gasteiger partial charge in [-0.2, -0.15) is 5.10 Å². The molecule has 1 aromatic heterocycles. The molecule has 3 rings (SSSR count). The molecule has 1 atom stereocenters. The molecule has 1 unspecified atom stereocenters. The molecule has 0 amide bonds. The highest BCUT2D eigenvalue weighted by Crippen LogP contribution is 2.44. The molecule has 4 nitrogen and oxygen atoms in total. The number of halogens is 1. The largest absolute Gasteiger partial charge is 0.383 e. The number of nitrogens with zero attached hydrogens (tertiary/aromatic N) is 2. The summed E-state index contributed by atoms with van der Waals surface area (Å²) in [5.74, 6) is 0.602. The van der Waals surface area contributed by atoms with Gasteiger partial charge in [0.25, 0.3) is 0 Å². The van der Waals surface area contributed by atoms with E-state index < -0.39 is 6.10 Å². The third-order valence-corrected chi connectivity index (χ3v) is 4.52. The predicted octanol–water partition coefficient (Wildman–Crippen LogP) is 3.25. The summed E-state index contributed by atoms with van der Waals surface area (Å²) in [6.45, 7) is 1.19. The smallest absolute Gasteiger partial charge is 0.122 e. The van der Waals surface area contributed by atoms with Gasteiger partial charge in [0.2, 0.25) is 0 Å². The van der Waals surface area contributed by atoms with Crippen molar-refractivity contribution in [3.8, 4) is 0 Å². The van der Waals surface area contributed by atoms with Crippen molar-refractivity contribution >= 4 is 15.9 Å². The maximum absolute atomic E-state index is 10.9. The lowest BCUT2D eigenvalue weighted by molar-refractivity contribution is 0.170. The Balaban J connectivity index is 1.95. The molecule has 0 radical (unpaired) electrons. The summed E-state index contributed by atoms with van der Waals surface area (Å²) < 4.78 is 7.75. The van der Waals surface area contributed by atoms with Gasteiger partial charge < -0.3 is 9.84 Å². The fourth-order valence-corrected chi connectivity index (χ4v) is 3.19. The lowest BCUT2D eigenvalue weighted by Crippen LogP contribution is -2.14. The van der Waals surface area contributed by atoms with Crippen LogP contribution in [0, 0.1) is 0 Å². The van der Waals surface area contributed by atoms with Crippen LogP contribution in [0.15, 0.2) is 34.9 Å². The lowest BCUT2D eigenvalue weighted by atomic mass is 9.97. The maximum Gasteiger partial charge on any atom is 0.122 e. The van der Waals surface area contributed by atoms with Crippen LogP contribution in [-0.4, -0.2) is 28.6 Å². The van der Waals surface area contributed by atoms with Crippen LogP contribution in [0.25, 0.3) is 0 Å². The Kier molecular flexibility index (Phi) is 4.42. The minimum atomic E-state index is -0.671. The molecule has 1 aliphatic rings. The van der Waals surface area contributed by atoms with E-state index in [0.29, 0.717) is 19.1 Å². The minimum absolute atomic E-state index is 0.568. The zero-order chi connectivity index (χ0) is 14.8. The fraction of sp³-hybridized carbons (Fsp3) is 0.438. The normalized spacial score (nSPS) is 16.1. The molecular weight excluding hydrogens is 332 g/mol. The zero-order valence-electron chi connectivity index (χ0n) is 12.0. The first kappa shape index (κ1) is 14.8. The van der Waals surface area contributed by atoms with Gasteiger partial charge in [-0.3, -0.25) is 4.68 Å². The molecule has 112 valence electrons. The number of rotatable bonds is 6. The van der Waals surface area contributed by atoms with Crippen LogP contribution >= 0.6 is 15.9 Å². The first-order valence-electron chi connectivity index (χ1n) is 7.19. The van der Waals surface area contributed by atoms with Crippen LogP contribution in [0.1, 0.15) is 41.7 Å². The van der Waals surface area contributed by atoms with Gasteiger partial charge in [-0.25, -0.2) is 0 Å². The summed E-state index contributed by atoms with van der Waals surface area (Å²) in [5, 5.41) is 15.2. The Bertz CT molecular complexity index is 622. The highest BCUT2D eigenvalue weighted by Gasteiger charge is 2.29. The molecule has 0 spiro atoms. The average molecular weight is 351 g/mol. The molecule has 5 heteroatoms. The Labute approximate surface area is 132 Å². The Hall–Kier alpha value is -1.17. The van der Waals surface area contributed by atoms with Crippen LogP contribution in [0.4, 0.5) is 0 Å². The number of benzene rings is 1. The summed E-state index contributed by atoms with van der Waals surface area (Å²) >= 11 is 3.50. The quantitative estimate of drug-likeness (QED) is 0.869. The number of methoxy groups -OCH3 is 1. The molecule has 0 aliphatic heterocycles. The first-order valence-corrected chi connectivity index (χ1v) is 7.98. The average Bonchev–Trinajstić information content (AvgIpc) is 3.28. The molecule has 21 heavy (non-hydrogen) atoms. The molecule has 1 heterocycles. The molecule has 2 aromatic rings. The van der Waals surface area contributed by atoms with E-state index in [4.69, 9.17) is 4.74 Å². The fourth-order valence-electron chi connectivity index (χ4n) is 2.67. The van der Waals surface area contributed by atoms with E-state index in [1.54, 1.807) is 13.3 Å². The van der Waals surface area contributed by atoms with Crippen LogP contribution < -0.4 is 0 Å². The third kappa shape index (κ3) is 3.05. The van der Waals surface area contributed by atoms with Crippen molar-refractivity contribution in [3.05, 3.63) is 51.8 Å². The Morgan fingerprint density at radius 3 is 2.90 bits per heavy atom. The van der Waals surface area contributed by atoms with Gasteiger partial charge in [0.1, 0.15) is 6.10 Å². The molecule has 1 fully saturated rings. The van der Waals surface area contributed by atoms with E-state index >= 15 is 0 Å². The van der Waals surface area contributed by atoms with Crippen molar-refractivity contribution < 1.29 is 9.84 Å². The van der Waals surface area contributed by atoms with E-state index in [1.165, 1.54) is 18.4 Å². The number of hydrogen-bond donors (Lipinski definition) is 1. The van der Waals surface area contributed by atoms with E-state index in [2.05, 4.69) is 27.1 Å². The topological polar surface area (TPSA) is 47.3 Å². The van der Waals surface area contributed by atoms with Crippen molar-refractivity contribution in [2.75, 3.05) is 13.7 Å².